The van der Waals surface area contributed by atoms with E-state index in [1.54, 1.807) is 12.1 Å². The van der Waals surface area contributed by atoms with Gasteiger partial charge in [-0.25, -0.2) is 4.39 Å². The van der Waals surface area contributed by atoms with Gasteiger partial charge in [-0.15, -0.1) is 0 Å². The molecule has 1 N–H and O–H groups in total. The Labute approximate surface area is 136 Å². The number of rotatable bonds is 5. The lowest BCUT2D eigenvalue weighted by atomic mass is 9.87. The number of aldehydes is 1. The molecule has 2 rings (SSSR count). The molecule has 1 heterocycles. The van der Waals surface area contributed by atoms with Gasteiger partial charge in [0.25, 0.3) is 0 Å². The van der Waals surface area contributed by atoms with Crippen LogP contribution in [0.5, 0.6) is 0 Å². The molecule has 1 aliphatic rings. The Bertz CT molecular complexity index is 582. The number of aliphatic carboxylic acids is 1. The molecule has 3 atom stereocenters. The standard InChI is InChI=1S/C18H24FNO3/c1-18(2,3)8-16(17(22)23)20-9-13(11-21)15(10-20)12-5-4-6-14(19)7-12/h4-7,11,13,15-16H,8-10H2,1-3H3,(H,22,23). The molecule has 126 valence electrons. The predicted molar refractivity (Wildman–Crippen MR) is 85.8 cm³/mol. The highest BCUT2D eigenvalue weighted by Gasteiger charge is 2.40. The topological polar surface area (TPSA) is 57.6 Å². The van der Waals surface area contributed by atoms with Crippen molar-refractivity contribution in [3.63, 3.8) is 0 Å². The zero-order valence-electron chi connectivity index (χ0n) is 13.8. The molecule has 0 radical (unpaired) electrons. The van der Waals surface area contributed by atoms with Crippen molar-refractivity contribution in [2.24, 2.45) is 11.3 Å². The summed E-state index contributed by atoms with van der Waals surface area (Å²) >= 11 is 0. The lowest BCUT2D eigenvalue weighted by Gasteiger charge is -2.30. The van der Waals surface area contributed by atoms with Crippen LogP contribution in [-0.2, 0) is 9.59 Å². The van der Waals surface area contributed by atoms with Gasteiger partial charge >= 0.3 is 5.97 Å². The van der Waals surface area contributed by atoms with Gasteiger partial charge in [-0.05, 0) is 29.5 Å². The molecule has 0 amide bonds. The average molecular weight is 321 g/mol. The van der Waals surface area contributed by atoms with Gasteiger partial charge in [-0.3, -0.25) is 9.69 Å². The third-order valence-electron chi connectivity index (χ3n) is 4.38. The predicted octanol–water partition coefficient (Wildman–Crippen LogP) is 2.93. The number of benzene rings is 1. The van der Waals surface area contributed by atoms with Gasteiger partial charge in [0.05, 0.1) is 0 Å². The third kappa shape index (κ3) is 4.38. The highest BCUT2D eigenvalue weighted by atomic mass is 19.1. The Balaban J connectivity index is 2.23. The van der Waals surface area contributed by atoms with Crippen molar-refractivity contribution in [1.82, 2.24) is 4.90 Å². The van der Waals surface area contributed by atoms with Crippen LogP contribution < -0.4 is 0 Å². The summed E-state index contributed by atoms with van der Waals surface area (Å²) in [6.07, 6.45) is 1.37. The molecule has 23 heavy (non-hydrogen) atoms. The van der Waals surface area contributed by atoms with E-state index in [2.05, 4.69) is 0 Å². The van der Waals surface area contributed by atoms with E-state index in [1.807, 2.05) is 25.7 Å². The maximum absolute atomic E-state index is 13.5. The van der Waals surface area contributed by atoms with Crippen LogP contribution in [0.2, 0.25) is 0 Å². The number of likely N-dealkylation sites (tertiary alicyclic amines) is 1. The second kappa shape index (κ2) is 6.79. The minimum absolute atomic E-state index is 0.128. The molecule has 4 nitrogen and oxygen atoms in total. The first-order chi connectivity index (χ1) is 10.7. The van der Waals surface area contributed by atoms with E-state index in [1.165, 1.54) is 12.1 Å². The largest absolute Gasteiger partial charge is 0.480 e. The Morgan fingerprint density at radius 3 is 2.65 bits per heavy atom. The SMILES string of the molecule is CC(C)(C)CC(C(=O)O)N1CC(C=O)C(c2cccc(F)c2)C1. The van der Waals surface area contributed by atoms with E-state index in [0.717, 1.165) is 11.8 Å². The second-order valence-electron chi connectivity index (χ2n) is 7.53. The molecule has 5 heteroatoms. The van der Waals surface area contributed by atoms with Crippen LogP contribution in [0, 0.1) is 17.2 Å². The number of carbonyl (C=O) groups excluding carboxylic acids is 1. The van der Waals surface area contributed by atoms with Gasteiger partial charge < -0.3 is 9.90 Å². The first-order valence-electron chi connectivity index (χ1n) is 7.89. The molecule has 1 aromatic rings. The number of halogens is 1. The molecule has 0 aliphatic carbocycles. The molecule has 1 aromatic carbocycles. The second-order valence-corrected chi connectivity index (χ2v) is 7.53. The fourth-order valence-corrected chi connectivity index (χ4v) is 3.30. The molecule has 1 aliphatic heterocycles. The summed E-state index contributed by atoms with van der Waals surface area (Å²) in [4.78, 5) is 24.9. The van der Waals surface area contributed by atoms with Gasteiger partial charge in [-0.2, -0.15) is 0 Å². The summed E-state index contributed by atoms with van der Waals surface area (Å²) in [7, 11) is 0. The van der Waals surface area contributed by atoms with Crippen LogP contribution in [0.1, 0.15) is 38.7 Å². The van der Waals surface area contributed by atoms with Crippen molar-refractivity contribution < 1.29 is 19.1 Å². The molecule has 1 fully saturated rings. The zero-order valence-corrected chi connectivity index (χ0v) is 13.8. The number of carboxylic acid groups (broad SMARTS) is 1. The Kier molecular flexibility index (Phi) is 5.19. The Morgan fingerprint density at radius 1 is 1.43 bits per heavy atom. The van der Waals surface area contributed by atoms with Crippen molar-refractivity contribution in [2.75, 3.05) is 13.1 Å². The van der Waals surface area contributed by atoms with Gasteiger partial charge in [0.15, 0.2) is 0 Å². The summed E-state index contributed by atoms with van der Waals surface area (Å²) < 4.78 is 13.5. The zero-order chi connectivity index (χ0) is 17.2. The van der Waals surface area contributed by atoms with E-state index in [-0.39, 0.29) is 23.1 Å². The van der Waals surface area contributed by atoms with E-state index in [0.29, 0.717) is 19.5 Å². The van der Waals surface area contributed by atoms with Crippen LogP contribution in [0.25, 0.3) is 0 Å². The van der Waals surface area contributed by atoms with Crippen LogP contribution in [0.3, 0.4) is 0 Å². The van der Waals surface area contributed by atoms with Crippen molar-refractivity contribution in [3.8, 4) is 0 Å². The number of carbonyl (C=O) groups is 2. The van der Waals surface area contributed by atoms with Crippen molar-refractivity contribution in [3.05, 3.63) is 35.6 Å². The molecule has 0 spiro atoms. The first-order valence-corrected chi connectivity index (χ1v) is 7.89. The lowest BCUT2D eigenvalue weighted by molar-refractivity contribution is -0.144. The van der Waals surface area contributed by atoms with Crippen LogP contribution in [0.4, 0.5) is 4.39 Å². The van der Waals surface area contributed by atoms with Crippen molar-refractivity contribution in [1.29, 1.82) is 0 Å². The summed E-state index contributed by atoms with van der Waals surface area (Å²) in [5.41, 5.74) is 0.626. The molecule has 0 aromatic heterocycles. The molecule has 3 unspecified atom stereocenters. The van der Waals surface area contributed by atoms with Crippen LogP contribution in [0.15, 0.2) is 24.3 Å². The van der Waals surface area contributed by atoms with E-state index < -0.39 is 12.0 Å². The number of nitrogens with zero attached hydrogens (tertiary/aromatic N) is 1. The number of carboxylic acids is 1. The summed E-state index contributed by atoms with van der Waals surface area (Å²) in [6.45, 7) is 6.86. The Hall–Kier alpha value is -1.75. The smallest absolute Gasteiger partial charge is 0.320 e. The highest BCUT2D eigenvalue weighted by molar-refractivity contribution is 5.74. The minimum Gasteiger partial charge on any atom is -0.480 e. The van der Waals surface area contributed by atoms with E-state index >= 15 is 0 Å². The molecule has 0 bridgehead atoms. The summed E-state index contributed by atoms with van der Waals surface area (Å²) in [5, 5.41) is 9.57. The van der Waals surface area contributed by atoms with E-state index in [4.69, 9.17) is 0 Å². The fourth-order valence-electron chi connectivity index (χ4n) is 3.30. The van der Waals surface area contributed by atoms with Crippen molar-refractivity contribution >= 4 is 12.3 Å². The van der Waals surface area contributed by atoms with Gasteiger partial charge in [0, 0.05) is 24.9 Å². The molecular weight excluding hydrogens is 297 g/mol. The highest BCUT2D eigenvalue weighted by Crippen LogP contribution is 2.35. The average Bonchev–Trinajstić information content (AvgIpc) is 2.87. The molecule has 0 saturated carbocycles. The third-order valence-corrected chi connectivity index (χ3v) is 4.38. The van der Waals surface area contributed by atoms with E-state index in [9.17, 15) is 19.1 Å². The van der Waals surface area contributed by atoms with Gasteiger partial charge in [-0.1, -0.05) is 32.9 Å². The number of hydrogen-bond donors (Lipinski definition) is 1. The molecular formula is C18H24FNO3. The van der Waals surface area contributed by atoms with Crippen molar-refractivity contribution in [2.45, 2.75) is 39.2 Å². The Morgan fingerprint density at radius 2 is 2.13 bits per heavy atom. The monoisotopic (exact) mass is 321 g/mol. The van der Waals surface area contributed by atoms with Gasteiger partial charge in [0.2, 0.25) is 0 Å². The van der Waals surface area contributed by atoms with Gasteiger partial charge in [0.1, 0.15) is 18.1 Å². The fraction of sp³-hybridized carbons (Fsp3) is 0.556. The number of hydrogen-bond acceptors (Lipinski definition) is 3. The summed E-state index contributed by atoms with van der Waals surface area (Å²) in [5.74, 6) is -1.68. The minimum atomic E-state index is -0.871. The van der Waals surface area contributed by atoms with Crippen LogP contribution in [-0.4, -0.2) is 41.4 Å². The first kappa shape index (κ1) is 17.6. The quantitative estimate of drug-likeness (QED) is 0.847. The maximum atomic E-state index is 13.5. The van der Waals surface area contributed by atoms with Crippen LogP contribution >= 0.6 is 0 Å². The maximum Gasteiger partial charge on any atom is 0.320 e. The normalized spacial score (nSPS) is 23.7. The summed E-state index contributed by atoms with van der Waals surface area (Å²) in [6, 6.07) is 5.60. The lowest BCUT2D eigenvalue weighted by Crippen LogP contribution is -2.42. The molecule has 1 saturated heterocycles.